The van der Waals surface area contributed by atoms with Crippen molar-refractivity contribution in [3.63, 3.8) is 0 Å². The molecule has 1 heterocycles. The van der Waals surface area contributed by atoms with Crippen LogP contribution in [0.2, 0.25) is 0 Å². The second kappa shape index (κ2) is 5.94. The molecule has 0 saturated carbocycles. The summed E-state index contributed by atoms with van der Waals surface area (Å²) in [6.45, 7) is 0. The van der Waals surface area contributed by atoms with E-state index < -0.39 is 0 Å². The predicted octanol–water partition coefficient (Wildman–Crippen LogP) is 4.65. The summed E-state index contributed by atoms with van der Waals surface area (Å²) in [6.07, 6.45) is 0. The van der Waals surface area contributed by atoms with Crippen LogP contribution in [0.3, 0.4) is 0 Å². The van der Waals surface area contributed by atoms with Crippen molar-refractivity contribution >= 4 is 17.1 Å². The van der Waals surface area contributed by atoms with Crippen LogP contribution in [0.1, 0.15) is 15.9 Å². The molecular formula is C18H14O2S. The van der Waals surface area contributed by atoms with Gasteiger partial charge in [-0.05, 0) is 29.6 Å². The molecule has 104 valence electrons. The number of carbonyl (C=O) groups is 1. The number of ketones is 1. The van der Waals surface area contributed by atoms with Gasteiger partial charge in [-0.15, -0.1) is 11.3 Å². The van der Waals surface area contributed by atoms with Gasteiger partial charge in [0.2, 0.25) is 0 Å². The molecule has 0 N–H and O–H groups in total. The van der Waals surface area contributed by atoms with Gasteiger partial charge < -0.3 is 4.74 Å². The maximum absolute atomic E-state index is 12.5. The smallest absolute Gasteiger partial charge is 0.193 e. The van der Waals surface area contributed by atoms with Crippen LogP contribution < -0.4 is 4.74 Å². The fraction of sp³-hybridized carbons (Fsp3) is 0.0556. The summed E-state index contributed by atoms with van der Waals surface area (Å²) >= 11 is 1.63. The molecule has 0 aliphatic carbocycles. The molecule has 3 rings (SSSR count). The van der Waals surface area contributed by atoms with E-state index in [-0.39, 0.29) is 5.78 Å². The lowest BCUT2D eigenvalue weighted by molar-refractivity contribution is 0.103. The zero-order valence-electron chi connectivity index (χ0n) is 11.6. The molecule has 21 heavy (non-hydrogen) atoms. The van der Waals surface area contributed by atoms with E-state index >= 15 is 0 Å². The molecule has 0 bridgehead atoms. The fourth-order valence-corrected chi connectivity index (χ4v) is 2.98. The fourth-order valence-electron chi connectivity index (χ4n) is 2.23. The standard InChI is InChI=1S/C18H14O2S/c1-20-16-10-9-14(12-15(16)17-8-5-11-21-17)18(19)13-6-3-2-4-7-13/h2-12H,1H3. The second-order valence-electron chi connectivity index (χ2n) is 4.59. The summed E-state index contributed by atoms with van der Waals surface area (Å²) in [4.78, 5) is 13.6. The van der Waals surface area contributed by atoms with Gasteiger partial charge in [0, 0.05) is 21.6 Å². The molecule has 0 amide bonds. The van der Waals surface area contributed by atoms with E-state index in [4.69, 9.17) is 4.74 Å². The Kier molecular flexibility index (Phi) is 3.84. The Morgan fingerprint density at radius 2 is 1.76 bits per heavy atom. The second-order valence-corrected chi connectivity index (χ2v) is 5.54. The number of hydrogen-bond donors (Lipinski definition) is 0. The largest absolute Gasteiger partial charge is 0.496 e. The third-order valence-corrected chi connectivity index (χ3v) is 4.19. The molecule has 3 aromatic rings. The molecule has 3 heteroatoms. The normalized spacial score (nSPS) is 10.3. The summed E-state index contributed by atoms with van der Waals surface area (Å²) in [5, 5.41) is 2.01. The Balaban J connectivity index is 2.05. The Bertz CT molecular complexity index is 746. The molecule has 0 spiro atoms. The topological polar surface area (TPSA) is 26.3 Å². The number of rotatable bonds is 4. The van der Waals surface area contributed by atoms with Gasteiger partial charge in [-0.3, -0.25) is 4.79 Å². The first kappa shape index (κ1) is 13.6. The SMILES string of the molecule is COc1ccc(C(=O)c2ccccc2)cc1-c1cccs1. The van der Waals surface area contributed by atoms with Gasteiger partial charge in [0.25, 0.3) is 0 Å². The molecular weight excluding hydrogens is 280 g/mol. The minimum Gasteiger partial charge on any atom is -0.496 e. The highest BCUT2D eigenvalue weighted by Crippen LogP contribution is 2.34. The van der Waals surface area contributed by atoms with Crippen LogP contribution in [0.25, 0.3) is 10.4 Å². The van der Waals surface area contributed by atoms with Gasteiger partial charge in [0.15, 0.2) is 5.78 Å². The van der Waals surface area contributed by atoms with Crippen LogP contribution >= 0.6 is 11.3 Å². The van der Waals surface area contributed by atoms with Crippen LogP contribution in [0, 0.1) is 0 Å². The molecule has 0 unspecified atom stereocenters. The molecule has 2 nitrogen and oxygen atoms in total. The van der Waals surface area contributed by atoms with Crippen LogP contribution in [-0.2, 0) is 0 Å². The van der Waals surface area contributed by atoms with E-state index in [1.165, 1.54) is 0 Å². The molecule has 2 aromatic carbocycles. The number of methoxy groups -OCH3 is 1. The van der Waals surface area contributed by atoms with E-state index in [1.807, 2.05) is 66.0 Å². The van der Waals surface area contributed by atoms with Gasteiger partial charge in [0.1, 0.15) is 5.75 Å². The molecule has 1 aromatic heterocycles. The maximum atomic E-state index is 12.5. The van der Waals surface area contributed by atoms with Gasteiger partial charge in [-0.2, -0.15) is 0 Å². The predicted molar refractivity (Wildman–Crippen MR) is 86.2 cm³/mol. The highest BCUT2D eigenvalue weighted by molar-refractivity contribution is 7.13. The van der Waals surface area contributed by atoms with E-state index in [0.717, 1.165) is 16.2 Å². The van der Waals surface area contributed by atoms with Crippen molar-refractivity contribution < 1.29 is 9.53 Å². The van der Waals surface area contributed by atoms with E-state index in [1.54, 1.807) is 18.4 Å². The third-order valence-electron chi connectivity index (χ3n) is 3.28. The number of benzene rings is 2. The van der Waals surface area contributed by atoms with Crippen LogP contribution in [0.5, 0.6) is 5.75 Å². The van der Waals surface area contributed by atoms with Gasteiger partial charge in [-0.1, -0.05) is 36.4 Å². The molecule has 0 radical (unpaired) electrons. The Labute approximate surface area is 127 Å². The lowest BCUT2D eigenvalue weighted by Crippen LogP contribution is -2.01. The van der Waals surface area contributed by atoms with Crippen molar-refractivity contribution in [3.05, 3.63) is 77.2 Å². The summed E-state index contributed by atoms with van der Waals surface area (Å²) in [6, 6.07) is 18.9. The highest BCUT2D eigenvalue weighted by Gasteiger charge is 2.13. The van der Waals surface area contributed by atoms with Gasteiger partial charge in [-0.25, -0.2) is 0 Å². The molecule has 0 saturated heterocycles. The summed E-state index contributed by atoms with van der Waals surface area (Å²) in [7, 11) is 1.64. The Morgan fingerprint density at radius 3 is 2.43 bits per heavy atom. The monoisotopic (exact) mass is 294 g/mol. The summed E-state index contributed by atoms with van der Waals surface area (Å²) in [5.41, 5.74) is 2.32. The molecule has 0 fully saturated rings. The minimum absolute atomic E-state index is 0.0241. The minimum atomic E-state index is 0.0241. The first-order valence-corrected chi connectivity index (χ1v) is 7.49. The van der Waals surface area contributed by atoms with Gasteiger partial charge >= 0.3 is 0 Å². The van der Waals surface area contributed by atoms with Crippen molar-refractivity contribution in [1.82, 2.24) is 0 Å². The summed E-state index contributed by atoms with van der Waals surface area (Å²) in [5.74, 6) is 0.804. The molecule has 0 atom stereocenters. The van der Waals surface area contributed by atoms with Crippen LogP contribution in [-0.4, -0.2) is 12.9 Å². The highest BCUT2D eigenvalue weighted by atomic mass is 32.1. The lowest BCUT2D eigenvalue weighted by atomic mass is 10.0. The zero-order valence-corrected chi connectivity index (χ0v) is 12.4. The maximum Gasteiger partial charge on any atom is 0.193 e. The van der Waals surface area contributed by atoms with Crippen LogP contribution in [0.15, 0.2) is 66.0 Å². The molecule has 0 aliphatic heterocycles. The Hall–Kier alpha value is -2.39. The number of hydrogen-bond acceptors (Lipinski definition) is 3. The summed E-state index contributed by atoms with van der Waals surface area (Å²) < 4.78 is 5.40. The third kappa shape index (κ3) is 2.73. The van der Waals surface area contributed by atoms with Crippen molar-refractivity contribution in [3.8, 4) is 16.2 Å². The van der Waals surface area contributed by atoms with E-state index in [0.29, 0.717) is 11.1 Å². The molecule has 0 aliphatic rings. The van der Waals surface area contributed by atoms with Crippen molar-refractivity contribution in [2.75, 3.05) is 7.11 Å². The van der Waals surface area contributed by atoms with E-state index in [2.05, 4.69) is 0 Å². The quantitative estimate of drug-likeness (QED) is 0.654. The zero-order chi connectivity index (χ0) is 14.7. The number of thiophene rings is 1. The van der Waals surface area contributed by atoms with Crippen molar-refractivity contribution in [2.45, 2.75) is 0 Å². The average molecular weight is 294 g/mol. The first-order valence-electron chi connectivity index (χ1n) is 6.61. The first-order chi connectivity index (χ1) is 10.3. The Morgan fingerprint density at radius 1 is 0.952 bits per heavy atom. The lowest BCUT2D eigenvalue weighted by Gasteiger charge is -2.09. The number of ether oxygens (including phenoxy) is 1. The van der Waals surface area contributed by atoms with Gasteiger partial charge in [0.05, 0.1) is 7.11 Å². The van der Waals surface area contributed by atoms with E-state index in [9.17, 15) is 4.79 Å². The number of carbonyl (C=O) groups excluding carboxylic acids is 1. The average Bonchev–Trinajstić information content (AvgIpc) is 3.08. The van der Waals surface area contributed by atoms with Crippen LogP contribution in [0.4, 0.5) is 0 Å². The van der Waals surface area contributed by atoms with Crippen molar-refractivity contribution in [2.24, 2.45) is 0 Å². The van der Waals surface area contributed by atoms with Crippen molar-refractivity contribution in [1.29, 1.82) is 0 Å².